The third-order valence-electron chi connectivity index (χ3n) is 3.17. The molecular formula is C16H11Cl2NO2. The van der Waals surface area contributed by atoms with E-state index in [1.54, 1.807) is 42.5 Å². The van der Waals surface area contributed by atoms with E-state index in [1.807, 2.05) is 6.07 Å². The van der Waals surface area contributed by atoms with Crippen molar-refractivity contribution >= 4 is 29.2 Å². The summed E-state index contributed by atoms with van der Waals surface area (Å²) in [5.74, 6) is -1.65. The van der Waals surface area contributed by atoms with Gasteiger partial charge in [0, 0.05) is 0 Å². The summed E-state index contributed by atoms with van der Waals surface area (Å²) >= 11 is 11.8. The molecule has 2 aromatic carbocycles. The number of halogens is 2. The van der Waals surface area contributed by atoms with E-state index in [4.69, 9.17) is 28.5 Å². The van der Waals surface area contributed by atoms with Gasteiger partial charge in [0.1, 0.15) is 0 Å². The summed E-state index contributed by atoms with van der Waals surface area (Å²) < 4.78 is 0. The number of hydrogen-bond donors (Lipinski definition) is 1. The first-order chi connectivity index (χ1) is 10.0. The van der Waals surface area contributed by atoms with Gasteiger partial charge >= 0.3 is 5.97 Å². The van der Waals surface area contributed by atoms with Crippen LogP contribution in [0.5, 0.6) is 0 Å². The van der Waals surface area contributed by atoms with Gasteiger partial charge in [-0.05, 0) is 41.8 Å². The molecule has 2 aromatic rings. The molecule has 1 N–H and O–H groups in total. The van der Waals surface area contributed by atoms with E-state index >= 15 is 0 Å². The van der Waals surface area contributed by atoms with Crippen molar-refractivity contribution in [2.75, 3.05) is 0 Å². The Hall–Kier alpha value is -2.02. The Bertz CT molecular complexity index is 705. The van der Waals surface area contributed by atoms with E-state index in [1.165, 1.54) is 0 Å². The zero-order valence-corrected chi connectivity index (χ0v) is 12.4. The van der Waals surface area contributed by atoms with Crippen molar-refractivity contribution in [1.29, 1.82) is 5.26 Å². The second kappa shape index (κ2) is 6.62. The van der Waals surface area contributed by atoms with Gasteiger partial charge in [0.25, 0.3) is 0 Å². The Morgan fingerprint density at radius 2 is 1.81 bits per heavy atom. The molecular weight excluding hydrogens is 309 g/mol. The molecule has 0 fully saturated rings. The van der Waals surface area contributed by atoms with Gasteiger partial charge in [0.05, 0.1) is 27.6 Å². The van der Waals surface area contributed by atoms with Crippen LogP contribution in [0.4, 0.5) is 0 Å². The maximum atomic E-state index is 11.5. The molecule has 106 valence electrons. The zero-order valence-electron chi connectivity index (χ0n) is 10.9. The van der Waals surface area contributed by atoms with Crippen molar-refractivity contribution in [3.63, 3.8) is 0 Å². The van der Waals surface area contributed by atoms with Gasteiger partial charge in [-0.15, -0.1) is 0 Å². The Morgan fingerprint density at radius 3 is 2.33 bits per heavy atom. The van der Waals surface area contributed by atoms with Crippen LogP contribution in [-0.4, -0.2) is 11.1 Å². The maximum Gasteiger partial charge on any atom is 0.311 e. The Kier molecular flexibility index (Phi) is 4.85. The molecule has 0 bridgehead atoms. The van der Waals surface area contributed by atoms with Gasteiger partial charge in [-0.1, -0.05) is 41.4 Å². The second-order valence-corrected chi connectivity index (χ2v) is 5.39. The second-order valence-electron chi connectivity index (χ2n) is 4.58. The van der Waals surface area contributed by atoms with E-state index in [0.29, 0.717) is 27.6 Å². The summed E-state index contributed by atoms with van der Waals surface area (Å²) in [5, 5.41) is 18.9. The minimum Gasteiger partial charge on any atom is -0.481 e. The van der Waals surface area contributed by atoms with Crippen molar-refractivity contribution in [2.24, 2.45) is 0 Å². The normalized spacial score (nSPS) is 11.7. The highest BCUT2D eigenvalue weighted by atomic mass is 35.5. The van der Waals surface area contributed by atoms with Crippen molar-refractivity contribution in [1.82, 2.24) is 0 Å². The Labute approximate surface area is 132 Å². The zero-order chi connectivity index (χ0) is 15.4. The van der Waals surface area contributed by atoms with Crippen molar-refractivity contribution < 1.29 is 9.90 Å². The van der Waals surface area contributed by atoms with Crippen LogP contribution in [0.1, 0.15) is 22.6 Å². The predicted molar refractivity (Wildman–Crippen MR) is 81.7 cm³/mol. The van der Waals surface area contributed by atoms with Gasteiger partial charge in [-0.3, -0.25) is 4.79 Å². The van der Waals surface area contributed by atoms with Crippen LogP contribution in [0.2, 0.25) is 10.0 Å². The lowest BCUT2D eigenvalue weighted by Crippen LogP contribution is -2.14. The molecule has 2 rings (SSSR count). The average molecular weight is 320 g/mol. The Morgan fingerprint density at radius 1 is 1.14 bits per heavy atom. The first-order valence-corrected chi connectivity index (χ1v) is 6.93. The first kappa shape index (κ1) is 15.4. The molecule has 0 saturated heterocycles. The highest BCUT2D eigenvalue weighted by Gasteiger charge is 2.21. The molecule has 0 spiro atoms. The van der Waals surface area contributed by atoms with Gasteiger partial charge < -0.3 is 5.11 Å². The highest BCUT2D eigenvalue weighted by Crippen LogP contribution is 2.28. The monoisotopic (exact) mass is 319 g/mol. The maximum absolute atomic E-state index is 11.5. The van der Waals surface area contributed by atoms with Crippen LogP contribution in [0.3, 0.4) is 0 Å². The molecule has 0 aliphatic rings. The molecule has 0 aliphatic heterocycles. The molecule has 1 atom stereocenters. The van der Waals surface area contributed by atoms with Crippen LogP contribution in [-0.2, 0) is 11.2 Å². The largest absolute Gasteiger partial charge is 0.481 e. The van der Waals surface area contributed by atoms with Crippen LogP contribution >= 0.6 is 23.2 Å². The smallest absolute Gasteiger partial charge is 0.311 e. The standard InChI is InChI=1S/C16H11Cl2NO2/c17-14-6-5-12(8-15(14)18)13(16(20)21)7-10-1-3-11(9-19)4-2-10/h1-6,8,13H,7H2,(H,20,21). The van der Waals surface area contributed by atoms with Crippen LogP contribution in [0.25, 0.3) is 0 Å². The number of aliphatic carboxylic acids is 1. The summed E-state index contributed by atoms with van der Waals surface area (Å²) in [6.45, 7) is 0. The van der Waals surface area contributed by atoms with E-state index in [2.05, 4.69) is 0 Å². The Balaban J connectivity index is 2.28. The number of carboxylic acids is 1. The molecule has 0 aliphatic carbocycles. The summed E-state index contributed by atoms with van der Waals surface area (Å²) in [4.78, 5) is 11.5. The van der Waals surface area contributed by atoms with Gasteiger partial charge in [-0.2, -0.15) is 5.26 Å². The highest BCUT2D eigenvalue weighted by molar-refractivity contribution is 6.42. The number of carbonyl (C=O) groups is 1. The summed E-state index contributed by atoms with van der Waals surface area (Å²) in [6, 6.07) is 13.7. The summed E-state index contributed by atoms with van der Waals surface area (Å²) in [6.07, 6.45) is 0.318. The third-order valence-corrected chi connectivity index (χ3v) is 3.91. The number of benzene rings is 2. The van der Waals surface area contributed by atoms with Gasteiger partial charge in [0.2, 0.25) is 0 Å². The molecule has 0 saturated carbocycles. The first-order valence-electron chi connectivity index (χ1n) is 6.18. The van der Waals surface area contributed by atoms with E-state index in [9.17, 15) is 9.90 Å². The van der Waals surface area contributed by atoms with Gasteiger partial charge in [-0.25, -0.2) is 0 Å². The summed E-state index contributed by atoms with van der Waals surface area (Å²) in [7, 11) is 0. The molecule has 0 aromatic heterocycles. The third kappa shape index (κ3) is 3.75. The number of hydrogen-bond acceptors (Lipinski definition) is 2. The van der Waals surface area contributed by atoms with Crippen LogP contribution < -0.4 is 0 Å². The fourth-order valence-corrected chi connectivity index (χ4v) is 2.33. The average Bonchev–Trinajstić information content (AvgIpc) is 2.48. The van der Waals surface area contributed by atoms with E-state index in [-0.39, 0.29) is 0 Å². The molecule has 0 radical (unpaired) electrons. The van der Waals surface area contributed by atoms with Crippen molar-refractivity contribution in [2.45, 2.75) is 12.3 Å². The summed E-state index contributed by atoms with van der Waals surface area (Å²) in [5.41, 5.74) is 1.98. The topological polar surface area (TPSA) is 61.1 Å². The van der Waals surface area contributed by atoms with E-state index in [0.717, 1.165) is 5.56 Å². The molecule has 0 heterocycles. The lowest BCUT2D eigenvalue weighted by Gasteiger charge is -2.13. The molecule has 1 unspecified atom stereocenters. The molecule has 21 heavy (non-hydrogen) atoms. The molecule has 3 nitrogen and oxygen atoms in total. The quantitative estimate of drug-likeness (QED) is 0.915. The minimum atomic E-state index is -0.933. The fraction of sp³-hybridized carbons (Fsp3) is 0.125. The minimum absolute atomic E-state index is 0.318. The van der Waals surface area contributed by atoms with Crippen molar-refractivity contribution in [3.05, 3.63) is 69.2 Å². The molecule has 5 heteroatoms. The number of nitriles is 1. The number of carboxylic acid groups (broad SMARTS) is 1. The van der Waals surface area contributed by atoms with Crippen molar-refractivity contribution in [3.8, 4) is 6.07 Å². The predicted octanol–water partition coefficient (Wildman–Crippen LogP) is 4.28. The lowest BCUT2D eigenvalue weighted by atomic mass is 9.92. The van der Waals surface area contributed by atoms with E-state index < -0.39 is 11.9 Å². The van der Waals surface area contributed by atoms with Crippen LogP contribution in [0, 0.1) is 11.3 Å². The van der Waals surface area contributed by atoms with Crippen LogP contribution in [0.15, 0.2) is 42.5 Å². The number of nitrogens with zero attached hydrogens (tertiary/aromatic N) is 1. The molecule has 0 amide bonds. The SMILES string of the molecule is N#Cc1ccc(CC(C(=O)O)c2ccc(Cl)c(Cl)c2)cc1. The van der Waals surface area contributed by atoms with Gasteiger partial charge in [0.15, 0.2) is 0 Å². The number of rotatable bonds is 4. The lowest BCUT2D eigenvalue weighted by molar-refractivity contribution is -0.138. The fourth-order valence-electron chi connectivity index (χ4n) is 2.03.